The lowest BCUT2D eigenvalue weighted by Crippen LogP contribution is -1.94. The van der Waals surface area contributed by atoms with Gasteiger partial charge in [-0.3, -0.25) is 19.6 Å². The Morgan fingerprint density at radius 3 is 1.62 bits per heavy atom. The summed E-state index contributed by atoms with van der Waals surface area (Å²) in [6.45, 7) is 3.15. The Morgan fingerprint density at radius 2 is 1.27 bits per heavy atom. The largest absolute Gasteiger partial charge is 0.294 e. The van der Waals surface area contributed by atoms with E-state index in [1.165, 1.54) is 22.7 Å². The molecule has 26 heavy (non-hydrogen) atoms. The number of hydrogen-bond donors (Lipinski definition) is 0. The molecule has 0 aromatic carbocycles. The van der Waals surface area contributed by atoms with Gasteiger partial charge in [0.2, 0.25) is 0 Å². The Kier molecular flexibility index (Phi) is 4.22. The van der Waals surface area contributed by atoms with Crippen LogP contribution in [0.15, 0.2) is 49.1 Å². The summed E-state index contributed by atoms with van der Waals surface area (Å²) in [5.74, 6) is 0.0255. The van der Waals surface area contributed by atoms with Crippen LogP contribution >= 0.6 is 22.7 Å². The van der Waals surface area contributed by atoms with Crippen LogP contribution in [0.5, 0.6) is 0 Å². The molecule has 0 atom stereocenters. The van der Waals surface area contributed by atoms with Gasteiger partial charge in [0.1, 0.15) is 0 Å². The third-order valence-corrected chi connectivity index (χ3v) is 6.76. The number of fused-ring (bicyclic) bond motifs is 1. The Labute approximate surface area is 158 Å². The standard InChI is InChI=1S/C20H14N2O2S2/c1-11(23)18-15(13-5-3-7-21-9-13)17-16(14-6-4-8-22-10-14)19(12(2)24)26-20(17)25-18/h3-10H,1-2H3. The van der Waals surface area contributed by atoms with Crippen molar-refractivity contribution in [3.63, 3.8) is 0 Å². The molecule has 0 unspecified atom stereocenters. The lowest BCUT2D eigenvalue weighted by Gasteiger charge is -2.06. The molecule has 4 nitrogen and oxygen atoms in total. The first-order valence-electron chi connectivity index (χ1n) is 8.00. The summed E-state index contributed by atoms with van der Waals surface area (Å²) in [5.41, 5.74) is 3.46. The van der Waals surface area contributed by atoms with E-state index in [1.54, 1.807) is 38.6 Å². The van der Waals surface area contributed by atoms with Crippen LogP contribution in [0.25, 0.3) is 31.7 Å². The highest BCUT2D eigenvalue weighted by atomic mass is 32.2. The minimum absolute atomic E-state index is 0.0127. The highest BCUT2D eigenvalue weighted by Crippen LogP contribution is 2.49. The Hall–Kier alpha value is -2.70. The summed E-state index contributed by atoms with van der Waals surface area (Å²) in [7, 11) is 0. The summed E-state index contributed by atoms with van der Waals surface area (Å²) in [6, 6.07) is 7.59. The second-order valence-corrected chi connectivity index (χ2v) is 8.17. The van der Waals surface area contributed by atoms with Gasteiger partial charge in [-0.25, -0.2) is 0 Å². The minimum Gasteiger partial charge on any atom is -0.294 e. The molecule has 0 N–H and O–H groups in total. The predicted octanol–water partition coefficient (Wildman–Crippen LogP) is 5.49. The third-order valence-electron chi connectivity index (χ3n) is 4.09. The van der Waals surface area contributed by atoms with Crippen LogP contribution in [-0.2, 0) is 0 Å². The quantitative estimate of drug-likeness (QED) is 0.440. The van der Waals surface area contributed by atoms with Gasteiger partial charge in [-0.15, -0.1) is 22.7 Å². The fourth-order valence-corrected chi connectivity index (χ4v) is 5.62. The molecule has 0 aliphatic rings. The van der Waals surface area contributed by atoms with E-state index in [2.05, 4.69) is 9.97 Å². The van der Waals surface area contributed by atoms with E-state index in [9.17, 15) is 9.59 Å². The number of carbonyl (C=O) groups excluding carboxylic acids is 2. The number of pyridine rings is 2. The number of thiophene rings is 2. The maximum Gasteiger partial charge on any atom is 0.170 e. The van der Waals surface area contributed by atoms with Gasteiger partial charge in [0.05, 0.1) is 13.8 Å². The van der Waals surface area contributed by atoms with Crippen LogP contribution in [0.2, 0.25) is 0 Å². The van der Waals surface area contributed by atoms with Crippen molar-refractivity contribution >= 4 is 43.6 Å². The van der Waals surface area contributed by atoms with E-state index in [0.717, 1.165) is 31.7 Å². The van der Waals surface area contributed by atoms with Crippen molar-refractivity contribution in [1.82, 2.24) is 9.97 Å². The first kappa shape index (κ1) is 16.8. The molecule has 4 heterocycles. The maximum absolute atomic E-state index is 12.3. The lowest BCUT2D eigenvalue weighted by atomic mass is 9.96. The van der Waals surface area contributed by atoms with Crippen molar-refractivity contribution < 1.29 is 9.59 Å². The smallest absolute Gasteiger partial charge is 0.170 e. The topological polar surface area (TPSA) is 59.9 Å². The van der Waals surface area contributed by atoms with Gasteiger partial charge >= 0.3 is 0 Å². The summed E-state index contributed by atoms with van der Waals surface area (Å²) >= 11 is 2.88. The number of aromatic nitrogens is 2. The van der Waals surface area contributed by atoms with Gasteiger partial charge < -0.3 is 0 Å². The fraction of sp³-hybridized carbons (Fsp3) is 0.100. The monoisotopic (exact) mass is 378 g/mol. The van der Waals surface area contributed by atoms with Crippen LogP contribution < -0.4 is 0 Å². The van der Waals surface area contributed by atoms with Gasteiger partial charge in [-0.2, -0.15) is 0 Å². The van der Waals surface area contributed by atoms with Crippen LogP contribution in [0.1, 0.15) is 33.2 Å². The highest BCUT2D eigenvalue weighted by Gasteiger charge is 2.26. The van der Waals surface area contributed by atoms with Crippen molar-refractivity contribution in [2.45, 2.75) is 13.8 Å². The SMILES string of the molecule is CC(=O)c1sc2sc(C(C)=O)c(-c3cccnc3)c2c1-c1cccnc1. The molecule has 0 amide bonds. The van der Waals surface area contributed by atoms with E-state index in [4.69, 9.17) is 0 Å². The lowest BCUT2D eigenvalue weighted by molar-refractivity contribution is 0.101. The van der Waals surface area contributed by atoms with Crippen LogP contribution in [0, 0.1) is 0 Å². The van der Waals surface area contributed by atoms with Crippen LogP contribution in [-0.4, -0.2) is 21.5 Å². The molecule has 0 bridgehead atoms. The molecule has 0 saturated heterocycles. The molecular weight excluding hydrogens is 364 g/mol. The van der Waals surface area contributed by atoms with Crippen molar-refractivity contribution in [2.24, 2.45) is 0 Å². The van der Waals surface area contributed by atoms with Gasteiger partial charge in [0.15, 0.2) is 11.6 Å². The summed E-state index contributed by atoms with van der Waals surface area (Å²) in [4.78, 5) is 34.4. The van der Waals surface area contributed by atoms with Gasteiger partial charge in [-0.1, -0.05) is 12.1 Å². The molecular formula is C20H14N2O2S2. The van der Waals surface area contributed by atoms with Crippen LogP contribution in [0.4, 0.5) is 0 Å². The molecule has 0 aliphatic carbocycles. The molecule has 0 saturated carbocycles. The second-order valence-electron chi connectivity index (χ2n) is 5.87. The zero-order chi connectivity index (χ0) is 18.3. The zero-order valence-electron chi connectivity index (χ0n) is 14.1. The predicted molar refractivity (Wildman–Crippen MR) is 106 cm³/mol. The van der Waals surface area contributed by atoms with Crippen LogP contribution in [0.3, 0.4) is 0 Å². The molecule has 0 aliphatic heterocycles. The first-order chi connectivity index (χ1) is 12.6. The normalized spacial score (nSPS) is 11.0. The summed E-state index contributed by atoms with van der Waals surface area (Å²) < 4.78 is 0.970. The number of carbonyl (C=O) groups is 2. The van der Waals surface area contributed by atoms with E-state index < -0.39 is 0 Å². The molecule has 4 aromatic rings. The maximum atomic E-state index is 12.3. The third kappa shape index (κ3) is 2.67. The number of Topliss-reactive ketones (excluding diaryl/α,β-unsaturated/α-hetero) is 2. The number of ketones is 2. The summed E-state index contributed by atoms with van der Waals surface area (Å²) in [5, 5.41) is 0.941. The Bertz CT molecular complexity index is 1040. The van der Waals surface area contributed by atoms with Gasteiger partial charge in [-0.05, 0) is 26.0 Å². The Balaban J connectivity index is 2.16. The second kappa shape index (κ2) is 6.55. The molecule has 128 valence electrons. The fourth-order valence-electron chi connectivity index (χ4n) is 3.03. The van der Waals surface area contributed by atoms with Crippen molar-refractivity contribution in [2.75, 3.05) is 0 Å². The van der Waals surface area contributed by atoms with Crippen molar-refractivity contribution in [1.29, 1.82) is 0 Å². The molecule has 6 heteroatoms. The van der Waals surface area contributed by atoms with Crippen molar-refractivity contribution in [3.8, 4) is 22.3 Å². The average molecular weight is 378 g/mol. The molecule has 4 aromatic heterocycles. The summed E-state index contributed by atoms with van der Waals surface area (Å²) in [6.07, 6.45) is 6.92. The number of hydrogen-bond acceptors (Lipinski definition) is 6. The van der Waals surface area contributed by atoms with Gasteiger partial charge in [0, 0.05) is 52.4 Å². The number of nitrogens with zero attached hydrogens (tertiary/aromatic N) is 2. The molecule has 4 rings (SSSR count). The first-order valence-corrected chi connectivity index (χ1v) is 9.63. The minimum atomic E-state index is 0.0127. The van der Waals surface area contributed by atoms with E-state index >= 15 is 0 Å². The van der Waals surface area contributed by atoms with Crippen molar-refractivity contribution in [3.05, 3.63) is 58.8 Å². The zero-order valence-corrected chi connectivity index (χ0v) is 15.8. The van der Waals surface area contributed by atoms with Gasteiger partial charge in [0.25, 0.3) is 0 Å². The molecule has 0 radical (unpaired) electrons. The van der Waals surface area contributed by atoms with E-state index in [-0.39, 0.29) is 11.6 Å². The Morgan fingerprint density at radius 1 is 0.808 bits per heavy atom. The highest BCUT2D eigenvalue weighted by molar-refractivity contribution is 7.40. The van der Waals surface area contributed by atoms with E-state index in [1.807, 2.05) is 24.3 Å². The average Bonchev–Trinajstić information content (AvgIpc) is 3.19. The molecule has 0 fully saturated rings. The molecule has 0 spiro atoms. The van der Waals surface area contributed by atoms with E-state index in [0.29, 0.717) is 9.75 Å². The number of rotatable bonds is 4.